The van der Waals surface area contributed by atoms with Gasteiger partial charge in [-0.05, 0) is 54.6 Å². The quantitative estimate of drug-likeness (QED) is 0.284. The monoisotopic (exact) mass is 530 g/mol. The molecule has 0 aromatic heterocycles. The van der Waals surface area contributed by atoms with Crippen molar-refractivity contribution < 1.29 is 35.9 Å². The molecular formula is C22H13BrF6N2O2. The molecular weight excluding hydrogens is 518 g/mol. The Bertz CT molecular complexity index is 1190. The molecule has 0 radical (unpaired) electrons. The van der Waals surface area contributed by atoms with E-state index in [1.54, 1.807) is 0 Å². The maximum atomic E-state index is 13.0. The van der Waals surface area contributed by atoms with Crippen LogP contribution in [0, 0.1) is 0 Å². The summed E-state index contributed by atoms with van der Waals surface area (Å²) in [5.74, 6) is -0.785. The van der Waals surface area contributed by atoms with Gasteiger partial charge < -0.3 is 5.32 Å². The number of alkyl halides is 6. The highest BCUT2D eigenvalue weighted by Crippen LogP contribution is 2.35. The molecule has 0 saturated heterocycles. The summed E-state index contributed by atoms with van der Waals surface area (Å²) in [6, 6.07) is 12.0. The number of anilines is 3. The molecule has 2 amide bonds. The van der Waals surface area contributed by atoms with Crippen LogP contribution in [-0.2, 0) is 17.1 Å². The minimum Gasteiger partial charge on any atom is -0.322 e. The normalized spacial score (nSPS) is 11.7. The molecule has 0 aliphatic carbocycles. The zero-order valence-electron chi connectivity index (χ0n) is 16.3. The number of hydrogen-bond donors (Lipinski definition) is 1. The van der Waals surface area contributed by atoms with Gasteiger partial charge in [-0.15, -0.1) is 0 Å². The van der Waals surface area contributed by atoms with Crippen LogP contribution in [0.5, 0.6) is 0 Å². The molecule has 0 atom stereocenters. The van der Waals surface area contributed by atoms with E-state index in [2.05, 4.69) is 21.2 Å². The van der Waals surface area contributed by atoms with Crippen LogP contribution in [-0.4, -0.2) is 12.3 Å². The highest BCUT2D eigenvalue weighted by Gasteiger charge is 2.31. The number of hydrogen-bond acceptors (Lipinski definition) is 2. The van der Waals surface area contributed by atoms with Gasteiger partial charge in [0.05, 0.1) is 16.8 Å². The Morgan fingerprint density at radius 1 is 0.818 bits per heavy atom. The van der Waals surface area contributed by atoms with Gasteiger partial charge in [0, 0.05) is 21.4 Å². The molecule has 11 heteroatoms. The largest absolute Gasteiger partial charge is 0.416 e. The number of carbonyl (C=O) groups is 2. The first-order valence-electron chi connectivity index (χ1n) is 9.09. The lowest BCUT2D eigenvalue weighted by Crippen LogP contribution is -2.17. The first kappa shape index (κ1) is 24.3. The Morgan fingerprint density at radius 2 is 1.42 bits per heavy atom. The van der Waals surface area contributed by atoms with Gasteiger partial charge in [-0.2, -0.15) is 26.3 Å². The Morgan fingerprint density at radius 3 is 2.03 bits per heavy atom. The van der Waals surface area contributed by atoms with Crippen LogP contribution < -0.4 is 10.2 Å². The second kappa shape index (κ2) is 9.26. The predicted molar refractivity (Wildman–Crippen MR) is 113 cm³/mol. The molecule has 3 aromatic carbocycles. The Kier molecular flexibility index (Phi) is 6.82. The third-order valence-electron chi connectivity index (χ3n) is 4.43. The fraction of sp³-hybridized carbons (Fsp3) is 0.0909. The van der Waals surface area contributed by atoms with Gasteiger partial charge >= 0.3 is 12.4 Å². The summed E-state index contributed by atoms with van der Waals surface area (Å²) in [5.41, 5.74) is -2.11. The average Bonchev–Trinajstić information content (AvgIpc) is 2.73. The fourth-order valence-corrected chi connectivity index (χ4v) is 3.40. The number of carbonyl (C=O) groups excluding carboxylic acids is 2. The minimum atomic E-state index is -4.63. The first-order valence-corrected chi connectivity index (χ1v) is 9.89. The van der Waals surface area contributed by atoms with Crippen LogP contribution >= 0.6 is 15.9 Å². The van der Waals surface area contributed by atoms with Gasteiger partial charge in [-0.1, -0.05) is 28.1 Å². The lowest BCUT2D eigenvalue weighted by Gasteiger charge is -2.20. The lowest BCUT2D eigenvalue weighted by atomic mass is 10.1. The topological polar surface area (TPSA) is 49.4 Å². The third-order valence-corrected chi connectivity index (χ3v) is 4.89. The number of halogens is 7. The molecule has 0 aliphatic heterocycles. The zero-order chi connectivity index (χ0) is 24.4. The molecule has 33 heavy (non-hydrogen) atoms. The first-order chi connectivity index (χ1) is 15.4. The molecule has 0 spiro atoms. The molecule has 172 valence electrons. The van der Waals surface area contributed by atoms with Crippen LogP contribution in [0.3, 0.4) is 0 Å². The molecule has 0 fully saturated rings. The van der Waals surface area contributed by atoms with E-state index in [4.69, 9.17) is 0 Å². The maximum absolute atomic E-state index is 13.0. The van der Waals surface area contributed by atoms with Crippen molar-refractivity contribution in [2.24, 2.45) is 0 Å². The van der Waals surface area contributed by atoms with Crippen LogP contribution in [0.2, 0.25) is 0 Å². The lowest BCUT2D eigenvalue weighted by molar-refractivity contribution is -0.138. The third kappa shape index (κ3) is 5.92. The minimum absolute atomic E-state index is 0.0457. The summed E-state index contributed by atoms with van der Waals surface area (Å²) in [5, 5.41) is 2.34. The molecule has 0 unspecified atom stereocenters. The van der Waals surface area contributed by atoms with Crippen molar-refractivity contribution in [3.8, 4) is 0 Å². The van der Waals surface area contributed by atoms with Gasteiger partial charge in [0.15, 0.2) is 0 Å². The van der Waals surface area contributed by atoms with Gasteiger partial charge in [-0.3, -0.25) is 14.5 Å². The van der Waals surface area contributed by atoms with Crippen molar-refractivity contribution in [3.63, 3.8) is 0 Å². The summed E-state index contributed by atoms with van der Waals surface area (Å²) < 4.78 is 78.1. The number of amides is 2. The maximum Gasteiger partial charge on any atom is 0.416 e. The molecule has 0 bridgehead atoms. The second-order valence-corrected chi connectivity index (χ2v) is 7.67. The van der Waals surface area contributed by atoms with Gasteiger partial charge in [-0.25, -0.2) is 0 Å². The van der Waals surface area contributed by atoms with Crippen LogP contribution in [0.25, 0.3) is 0 Å². The molecule has 0 saturated carbocycles. The van der Waals surface area contributed by atoms with E-state index in [1.807, 2.05) is 0 Å². The SMILES string of the molecule is O=CN(c1cc(Br)cc(C(=O)Nc2cccc(C(F)(F)F)c2)c1)c1cccc(C(F)(F)F)c1. The van der Waals surface area contributed by atoms with Gasteiger partial charge in [0.2, 0.25) is 6.41 Å². The summed E-state index contributed by atoms with van der Waals surface area (Å²) >= 11 is 3.17. The summed E-state index contributed by atoms with van der Waals surface area (Å²) in [7, 11) is 0. The molecule has 1 N–H and O–H groups in total. The molecule has 0 aliphatic rings. The molecule has 0 heterocycles. The second-order valence-electron chi connectivity index (χ2n) is 6.75. The van der Waals surface area contributed by atoms with Crippen molar-refractivity contribution in [2.45, 2.75) is 12.4 Å². The van der Waals surface area contributed by atoms with E-state index in [0.717, 1.165) is 41.3 Å². The molecule has 4 nitrogen and oxygen atoms in total. The Hall–Kier alpha value is -3.34. The zero-order valence-corrected chi connectivity index (χ0v) is 17.9. The van der Waals surface area contributed by atoms with Crippen LogP contribution in [0.1, 0.15) is 21.5 Å². The van der Waals surface area contributed by atoms with Gasteiger partial charge in [0.1, 0.15) is 0 Å². The van der Waals surface area contributed by atoms with E-state index < -0.39 is 29.4 Å². The van der Waals surface area contributed by atoms with Crippen molar-refractivity contribution in [1.29, 1.82) is 0 Å². The van der Waals surface area contributed by atoms with Crippen LogP contribution in [0.15, 0.2) is 71.2 Å². The number of benzene rings is 3. The Balaban J connectivity index is 1.93. The van der Waals surface area contributed by atoms with Crippen molar-refractivity contribution in [2.75, 3.05) is 10.2 Å². The van der Waals surface area contributed by atoms with E-state index in [-0.39, 0.29) is 29.0 Å². The molecule has 3 rings (SSSR count). The Labute approximate surface area is 191 Å². The predicted octanol–water partition coefficient (Wildman–Crippen LogP) is 7.03. The number of nitrogens with one attached hydrogen (secondary N) is 1. The van der Waals surface area contributed by atoms with Gasteiger partial charge in [0.25, 0.3) is 5.91 Å². The van der Waals surface area contributed by atoms with Crippen molar-refractivity contribution in [1.82, 2.24) is 0 Å². The number of nitrogens with zero attached hydrogens (tertiary/aromatic N) is 1. The van der Waals surface area contributed by atoms with E-state index >= 15 is 0 Å². The summed E-state index contributed by atoms with van der Waals surface area (Å²) in [6.45, 7) is 0. The number of rotatable bonds is 5. The summed E-state index contributed by atoms with van der Waals surface area (Å²) in [4.78, 5) is 25.3. The highest BCUT2D eigenvalue weighted by molar-refractivity contribution is 9.10. The van der Waals surface area contributed by atoms with E-state index in [1.165, 1.54) is 30.3 Å². The van der Waals surface area contributed by atoms with Crippen LogP contribution in [0.4, 0.5) is 43.4 Å². The smallest absolute Gasteiger partial charge is 0.322 e. The highest BCUT2D eigenvalue weighted by atomic mass is 79.9. The standard InChI is InChI=1S/C22H13BrF6N2O2/c23-16-7-13(20(33)30-17-5-1-3-14(9-17)21(24,25)26)8-19(11-16)31(12-32)18-6-2-4-15(10-18)22(27,28)29/h1-12H,(H,30,33). The average molecular weight is 531 g/mol. The summed E-state index contributed by atoms with van der Waals surface area (Å²) in [6.07, 6.45) is -8.94. The van der Waals surface area contributed by atoms with Crippen molar-refractivity contribution >= 4 is 45.3 Å². The fourth-order valence-electron chi connectivity index (χ4n) is 2.92. The van der Waals surface area contributed by atoms with E-state index in [9.17, 15) is 35.9 Å². The van der Waals surface area contributed by atoms with E-state index in [0.29, 0.717) is 4.47 Å². The molecule has 3 aromatic rings. The van der Waals surface area contributed by atoms with Crippen molar-refractivity contribution in [3.05, 3.63) is 87.9 Å².